The van der Waals surface area contributed by atoms with Crippen molar-refractivity contribution in [1.82, 2.24) is 14.3 Å². The lowest BCUT2D eigenvalue weighted by atomic mass is 10.2. The lowest BCUT2D eigenvalue weighted by Crippen LogP contribution is -2.27. The minimum absolute atomic E-state index is 0.119. The van der Waals surface area contributed by atoms with Crippen LogP contribution in [0.2, 0.25) is 0 Å². The highest BCUT2D eigenvalue weighted by molar-refractivity contribution is 9.10. The van der Waals surface area contributed by atoms with Gasteiger partial charge in [0.25, 0.3) is 0 Å². The fourth-order valence-electron chi connectivity index (χ4n) is 1.86. The van der Waals surface area contributed by atoms with E-state index in [4.69, 9.17) is 5.11 Å². The fourth-order valence-corrected chi connectivity index (χ4v) is 3.91. The number of rotatable bonds is 6. The molecule has 0 atom stereocenters. The van der Waals surface area contributed by atoms with E-state index in [2.05, 4.69) is 25.6 Å². The van der Waals surface area contributed by atoms with Gasteiger partial charge in [0.1, 0.15) is 5.82 Å². The zero-order chi connectivity index (χ0) is 15.5. The fraction of sp³-hybridized carbons (Fsp3) is 0.308. The first-order valence-corrected chi connectivity index (χ1v) is 8.57. The van der Waals surface area contributed by atoms with E-state index in [0.29, 0.717) is 16.5 Å². The summed E-state index contributed by atoms with van der Waals surface area (Å²) in [5.41, 5.74) is 0.544. The van der Waals surface area contributed by atoms with E-state index < -0.39 is 10.0 Å². The summed E-state index contributed by atoms with van der Waals surface area (Å²) in [6.45, 7) is 0.0477. The molecule has 0 unspecified atom stereocenters. The van der Waals surface area contributed by atoms with Crippen molar-refractivity contribution in [3.63, 3.8) is 0 Å². The summed E-state index contributed by atoms with van der Waals surface area (Å²) in [5, 5.41) is 9.11. The highest BCUT2D eigenvalue weighted by Gasteiger charge is 2.18. The van der Waals surface area contributed by atoms with Gasteiger partial charge in [-0.05, 0) is 33.6 Å². The summed E-state index contributed by atoms with van der Waals surface area (Å²) in [6.07, 6.45) is 3.98. The normalized spacial score (nSPS) is 11.8. The van der Waals surface area contributed by atoms with Gasteiger partial charge in [-0.15, -0.1) is 0 Å². The molecule has 1 aromatic heterocycles. The van der Waals surface area contributed by atoms with Gasteiger partial charge in [-0.3, -0.25) is 0 Å². The van der Waals surface area contributed by atoms with Crippen LogP contribution in [0.4, 0.5) is 0 Å². The number of imidazole rings is 1. The molecule has 0 aliphatic carbocycles. The van der Waals surface area contributed by atoms with Crippen molar-refractivity contribution in [3.05, 3.63) is 46.5 Å². The molecular formula is C13H16BrN3O3S. The molecule has 8 heteroatoms. The Bertz CT molecular complexity index is 728. The molecule has 1 aromatic carbocycles. The van der Waals surface area contributed by atoms with Crippen LogP contribution in [-0.2, 0) is 30.1 Å². The van der Waals surface area contributed by atoms with E-state index in [1.165, 1.54) is 6.07 Å². The van der Waals surface area contributed by atoms with Crippen molar-refractivity contribution in [3.8, 4) is 0 Å². The number of aryl methyl sites for hydroxylation is 1. The summed E-state index contributed by atoms with van der Waals surface area (Å²) in [6, 6.07) is 4.73. The molecule has 0 amide bonds. The molecule has 6 nitrogen and oxygen atoms in total. The van der Waals surface area contributed by atoms with Crippen LogP contribution in [0.1, 0.15) is 11.4 Å². The largest absolute Gasteiger partial charge is 0.392 e. The number of sulfonamides is 1. The third kappa shape index (κ3) is 3.91. The second-order valence-corrected chi connectivity index (χ2v) is 7.11. The van der Waals surface area contributed by atoms with Crippen molar-refractivity contribution in [2.24, 2.45) is 7.05 Å². The molecule has 2 N–H and O–H groups in total. The zero-order valence-electron chi connectivity index (χ0n) is 11.5. The van der Waals surface area contributed by atoms with E-state index in [-0.39, 0.29) is 18.0 Å². The molecule has 1 heterocycles. The van der Waals surface area contributed by atoms with Gasteiger partial charge in [0.2, 0.25) is 10.0 Å². The second-order valence-electron chi connectivity index (χ2n) is 4.53. The van der Waals surface area contributed by atoms with Crippen molar-refractivity contribution in [2.75, 3.05) is 6.54 Å². The molecule has 21 heavy (non-hydrogen) atoms. The van der Waals surface area contributed by atoms with Crippen molar-refractivity contribution < 1.29 is 13.5 Å². The number of hydrogen-bond donors (Lipinski definition) is 2. The average molecular weight is 374 g/mol. The van der Waals surface area contributed by atoms with Crippen LogP contribution in [0.25, 0.3) is 0 Å². The van der Waals surface area contributed by atoms with E-state index in [9.17, 15) is 8.42 Å². The summed E-state index contributed by atoms with van der Waals surface area (Å²) in [7, 11) is -1.78. The van der Waals surface area contributed by atoms with Crippen molar-refractivity contribution in [2.45, 2.75) is 17.9 Å². The number of aliphatic hydroxyl groups is 1. The van der Waals surface area contributed by atoms with Gasteiger partial charge < -0.3 is 9.67 Å². The van der Waals surface area contributed by atoms with Crippen LogP contribution >= 0.6 is 15.9 Å². The molecule has 0 bridgehead atoms. The van der Waals surface area contributed by atoms with Gasteiger partial charge in [0.05, 0.1) is 11.5 Å². The molecular weight excluding hydrogens is 358 g/mol. The highest BCUT2D eigenvalue weighted by atomic mass is 79.9. The Labute approximate surface area is 132 Å². The average Bonchev–Trinajstić information content (AvgIpc) is 2.84. The third-order valence-corrected chi connectivity index (χ3v) is 5.48. The Hall–Kier alpha value is -1.22. The predicted molar refractivity (Wildman–Crippen MR) is 82.2 cm³/mol. The van der Waals surface area contributed by atoms with Crippen LogP contribution in [0.3, 0.4) is 0 Å². The summed E-state index contributed by atoms with van der Waals surface area (Å²) in [4.78, 5) is 4.26. The van der Waals surface area contributed by atoms with E-state index in [1.54, 1.807) is 18.3 Å². The number of nitrogens with zero attached hydrogens (tertiary/aromatic N) is 2. The van der Waals surface area contributed by atoms with Gasteiger partial charge in [0.15, 0.2) is 0 Å². The Balaban J connectivity index is 2.10. The molecule has 0 spiro atoms. The lowest BCUT2D eigenvalue weighted by molar-refractivity contribution is 0.281. The standard InChI is InChI=1S/C13H16BrN3O3S/c1-17-7-6-15-13(17)4-5-16-21(19,20)12-8-10(9-18)2-3-11(12)14/h2-3,6-8,16,18H,4-5,9H2,1H3. The number of halogens is 1. The molecule has 0 saturated carbocycles. The Morgan fingerprint density at radius 3 is 2.81 bits per heavy atom. The predicted octanol–water partition coefficient (Wildman–Crippen LogP) is 1.20. The first kappa shape index (κ1) is 16.2. The van der Waals surface area contributed by atoms with Gasteiger partial charge in [-0.25, -0.2) is 18.1 Å². The minimum atomic E-state index is -3.63. The van der Waals surface area contributed by atoms with Crippen molar-refractivity contribution in [1.29, 1.82) is 0 Å². The maximum atomic E-state index is 12.3. The molecule has 0 aliphatic rings. The van der Waals surface area contributed by atoms with Crippen LogP contribution < -0.4 is 4.72 Å². The Morgan fingerprint density at radius 1 is 1.43 bits per heavy atom. The Morgan fingerprint density at radius 2 is 2.19 bits per heavy atom. The first-order chi connectivity index (χ1) is 9.94. The molecule has 2 aromatic rings. The molecule has 0 saturated heterocycles. The summed E-state index contributed by atoms with van der Waals surface area (Å²) < 4.78 is 29.4. The molecule has 0 aliphatic heterocycles. The molecule has 114 valence electrons. The van der Waals surface area contributed by atoms with Gasteiger partial charge in [-0.1, -0.05) is 6.07 Å². The number of hydrogen-bond acceptors (Lipinski definition) is 4. The second kappa shape index (κ2) is 6.69. The highest BCUT2D eigenvalue weighted by Crippen LogP contribution is 2.23. The van der Waals surface area contributed by atoms with Crippen molar-refractivity contribution >= 4 is 26.0 Å². The molecule has 0 radical (unpaired) electrons. The Kier molecular flexibility index (Phi) is 5.15. The minimum Gasteiger partial charge on any atom is -0.392 e. The number of aliphatic hydroxyl groups excluding tert-OH is 1. The van der Waals surface area contributed by atoms with Crippen LogP contribution in [0, 0.1) is 0 Å². The van der Waals surface area contributed by atoms with Gasteiger partial charge in [0, 0.05) is 36.9 Å². The maximum absolute atomic E-state index is 12.3. The number of aromatic nitrogens is 2. The SMILES string of the molecule is Cn1ccnc1CCNS(=O)(=O)c1cc(CO)ccc1Br. The smallest absolute Gasteiger partial charge is 0.241 e. The number of nitrogens with one attached hydrogen (secondary N) is 1. The monoisotopic (exact) mass is 373 g/mol. The number of benzene rings is 1. The van der Waals surface area contributed by atoms with Gasteiger partial charge in [-0.2, -0.15) is 0 Å². The van der Waals surface area contributed by atoms with Crippen LogP contribution in [0.15, 0.2) is 40.0 Å². The van der Waals surface area contributed by atoms with E-state index in [0.717, 1.165) is 5.82 Å². The van der Waals surface area contributed by atoms with Crippen LogP contribution in [0.5, 0.6) is 0 Å². The third-order valence-electron chi connectivity index (χ3n) is 3.03. The van der Waals surface area contributed by atoms with Gasteiger partial charge >= 0.3 is 0 Å². The molecule has 0 fully saturated rings. The van der Waals surface area contributed by atoms with E-state index in [1.807, 2.05) is 17.8 Å². The quantitative estimate of drug-likeness (QED) is 0.796. The topological polar surface area (TPSA) is 84.2 Å². The van der Waals surface area contributed by atoms with Crippen LogP contribution in [-0.4, -0.2) is 29.6 Å². The molecule has 2 rings (SSSR count). The summed E-state index contributed by atoms with van der Waals surface area (Å²) >= 11 is 3.22. The maximum Gasteiger partial charge on any atom is 0.241 e. The lowest BCUT2D eigenvalue weighted by Gasteiger charge is -2.10. The van der Waals surface area contributed by atoms with E-state index >= 15 is 0 Å². The zero-order valence-corrected chi connectivity index (χ0v) is 13.9. The summed E-state index contributed by atoms with van der Waals surface area (Å²) in [5.74, 6) is 0.806. The first-order valence-electron chi connectivity index (χ1n) is 6.29.